The van der Waals surface area contributed by atoms with Gasteiger partial charge in [0.1, 0.15) is 5.60 Å². The van der Waals surface area contributed by atoms with E-state index < -0.39 is 5.60 Å². The molecule has 0 spiro atoms. The number of carbonyl (C=O) groups excluding carboxylic acids is 1. The Labute approximate surface area is 133 Å². The first-order valence-corrected chi connectivity index (χ1v) is 7.92. The van der Waals surface area contributed by atoms with E-state index in [0.29, 0.717) is 12.5 Å². The predicted molar refractivity (Wildman–Crippen MR) is 87.6 cm³/mol. The van der Waals surface area contributed by atoms with Crippen LogP contribution in [0.3, 0.4) is 0 Å². The molecule has 0 aromatic carbocycles. The summed E-state index contributed by atoms with van der Waals surface area (Å²) in [7, 11) is 0. The molecule has 126 valence electrons. The quantitative estimate of drug-likeness (QED) is 0.812. The molecule has 1 amide bonds. The fourth-order valence-corrected chi connectivity index (χ4v) is 2.05. The summed E-state index contributed by atoms with van der Waals surface area (Å²) in [6.45, 7) is 14.2. The number of nitrogens with zero attached hydrogens (tertiary/aromatic N) is 2. The maximum Gasteiger partial charge on any atom is 0.407 e. The van der Waals surface area contributed by atoms with Gasteiger partial charge in [0.15, 0.2) is 0 Å². The van der Waals surface area contributed by atoms with Crippen molar-refractivity contribution in [1.82, 2.24) is 20.2 Å². The molecule has 6 heteroatoms. The van der Waals surface area contributed by atoms with Crippen LogP contribution in [0.25, 0.3) is 0 Å². The van der Waals surface area contributed by atoms with E-state index in [1.807, 2.05) is 33.3 Å². The highest BCUT2D eigenvalue weighted by atomic mass is 16.6. The average molecular weight is 310 g/mol. The highest BCUT2D eigenvalue weighted by molar-refractivity contribution is 5.68. The summed E-state index contributed by atoms with van der Waals surface area (Å²) < 4.78 is 7.41. The van der Waals surface area contributed by atoms with E-state index in [0.717, 1.165) is 18.8 Å². The molecular formula is C16H30N4O2. The Kier molecular flexibility index (Phi) is 6.87. The molecule has 0 radical (unpaired) electrons. The molecule has 1 rings (SSSR count). The SMILES string of the molecule is CCn1cncc1CNCC(NC(=O)OC(C)(C)C)C(C)C. The topological polar surface area (TPSA) is 68.2 Å². The number of ether oxygens (including phenoxy) is 1. The van der Waals surface area contributed by atoms with Gasteiger partial charge in [-0.05, 0) is 33.6 Å². The molecule has 0 aliphatic rings. The van der Waals surface area contributed by atoms with E-state index in [2.05, 4.69) is 41.0 Å². The van der Waals surface area contributed by atoms with Crippen molar-refractivity contribution in [2.45, 2.75) is 66.3 Å². The Morgan fingerprint density at radius 1 is 1.41 bits per heavy atom. The molecule has 2 N–H and O–H groups in total. The fourth-order valence-electron chi connectivity index (χ4n) is 2.05. The third-order valence-electron chi connectivity index (χ3n) is 3.32. The molecule has 0 saturated carbocycles. The number of hydrogen-bond donors (Lipinski definition) is 2. The van der Waals surface area contributed by atoms with Crippen LogP contribution in [0.1, 0.15) is 47.2 Å². The monoisotopic (exact) mass is 310 g/mol. The lowest BCUT2D eigenvalue weighted by atomic mass is 10.0. The zero-order valence-corrected chi connectivity index (χ0v) is 14.6. The summed E-state index contributed by atoms with van der Waals surface area (Å²) in [6.07, 6.45) is 3.32. The minimum Gasteiger partial charge on any atom is -0.444 e. The van der Waals surface area contributed by atoms with Gasteiger partial charge in [0.2, 0.25) is 0 Å². The van der Waals surface area contributed by atoms with Gasteiger partial charge >= 0.3 is 6.09 Å². The minimum absolute atomic E-state index is 0.0212. The molecule has 1 atom stereocenters. The van der Waals surface area contributed by atoms with Gasteiger partial charge < -0.3 is 19.9 Å². The van der Waals surface area contributed by atoms with Crippen molar-refractivity contribution < 1.29 is 9.53 Å². The number of aryl methyl sites for hydroxylation is 1. The van der Waals surface area contributed by atoms with Gasteiger partial charge in [-0.3, -0.25) is 0 Å². The number of amides is 1. The predicted octanol–water partition coefficient (Wildman–Crippen LogP) is 2.54. The summed E-state index contributed by atoms with van der Waals surface area (Å²) in [4.78, 5) is 16.0. The van der Waals surface area contributed by atoms with Crippen LogP contribution >= 0.6 is 0 Å². The van der Waals surface area contributed by atoms with Crippen LogP contribution in [0.15, 0.2) is 12.5 Å². The van der Waals surface area contributed by atoms with Crippen molar-refractivity contribution in [2.24, 2.45) is 5.92 Å². The summed E-state index contributed by atoms with van der Waals surface area (Å²) in [5.74, 6) is 0.316. The lowest BCUT2D eigenvalue weighted by Gasteiger charge is -2.26. The first-order chi connectivity index (χ1) is 10.2. The molecule has 1 heterocycles. The van der Waals surface area contributed by atoms with Gasteiger partial charge in [-0.2, -0.15) is 0 Å². The molecular weight excluding hydrogens is 280 g/mol. The van der Waals surface area contributed by atoms with Crippen LogP contribution < -0.4 is 10.6 Å². The number of imidazole rings is 1. The van der Waals surface area contributed by atoms with Crippen molar-refractivity contribution in [3.05, 3.63) is 18.2 Å². The van der Waals surface area contributed by atoms with Gasteiger partial charge in [0.25, 0.3) is 0 Å². The molecule has 1 aromatic rings. The second kappa shape index (κ2) is 8.17. The second-order valence-corrected chi connectivity index (χ2v) is 6.80. The van der Waals surface area contributed by atoms with Crippen LogP contribution in [0.4, 0.5) is 4.79 Å². The summed E-state index contributed by atoms with van der Waals surface area (Å²) in [6, 6.07) is 0.0212. The molecule has 1 aromatic heterocycles. The smallest absolute Gasteiger partial charge is 0.407 e. The molecule has 0 saturated heterocycles. The molecule has 6 nitrogen and oxygen atoms in total. The minimum atomic E-state index is -0.479. The van der Waals surface area contributed by atoms with Gasteiger partial charge in [0, 0.05) is 31.9 Å². The van der Waals surface area contributed by atoms with Crippen molar-refractivity contribution in [3.8, 4) is 0 Å². The maximum atomic E-state index is 11.9. The van der Waals surface area contributed by atoms with E-state index in [1.165, 1.54) is 0 Å². The number of hydrogen-bond acceptors (Lipinski definition) is 4. The van der Waals surface area contributed by atoms with Crippen LogP contribution in [0.2, 0.25) is 0 Å². The van der Waals surface area contributed by atoms with Gasteiger partial charge in [-0.25, -0.2) is 9.78 Å². The summed E-state index contributed by atoms with van der Waals surface area (Å²) >= 11 is 0. The normalized spacial score (nSPS) is 13.2. The van der Waals surface area contributed by atoms with E-state index in [-0.39, 0.29) is 12.1 Å². The zero-order valence-electron chi connectivity index (χ0n) is 14.6. The molecule has 0 aliphatic carbocycles. The third-order valence-corrected chi connectivity index (χ3v) is 3.32. The standard InChI is InChI=1S/C16H30N4O2/c1-7-20-11-18-9-13(20)8-17-10-14(12(2)3)19-15(21)22-16(4,5)6/h9,11-12,14,17H,7-8,10H2,1-6H3,(H,19,21). The van der Waals surface area contributed by atoms with Gasteiger partial charge in [0.05, 0.1) is 12.0 Å². The van der Waals surface area contributed by atoms with Crippen LogP contribution in [-0.2, 0) is 17.8 Å². The van der Waals surface area contributed by atoms with Crippen LogP contribution in [0.5, 0.6) is 0 Å². The Bertz CT molecular complexity index is 463. The number of nitrogens with one attached hydrogen (secondary N) is 2. The largest absolute Gasteiger partial charge is 0.444 e. The molecule has 0 fully saturated rings. The van der Waals surface area contributed by atoms with Gasteiger partial charge in [-0.1, -0.05) is 13.8 Å². The van der Waals surface area contributed by atoms with Crippen molar-refractivity contribution in [3.63, 3.8) is 0 Å². The molecule has 22 heavy (non-hydrogen) atoms. The number of alkyl carbamates (subject to hydrolysis) is 1. The van der Waals surface area contributed by atoms with E-state index >= 15 is 0 Å². The third kappa shape index (κ3) is 6.47. The van der Waals surface area contributed by atoms with Crippen molar-refractivity contribution in [2.75, 3.05) is 6.54 Å². The van der Waals surface area contributed by atoms with Crippen molar-refractivity contribution in [1.29, 1.82) is 0 Å². The number of carbonyl (C=O) groups is 1. The molecule has 0 aliphatic heterocycles. The Morgan fingerprint density at radius 3 is 2.64 bits per heavy atom. The Hall–Kier alpha value is -1.56. The average Bonchev–Trinajstić information content (AvgIpc) is 2.82. The highest BCUT2D eigenvalue weighted by Gasteiger charge is 2.21. The summed E-state index contributed by atoms with van der Waals surface area (Å²) in [5, 5.41) is 6.32. The van der Waals surface area contributed by atoms with Gasteiger partial charge in [-0.15, -0.1) is 0 Å². The van der Waals surface area contributed by atoms with Crippen LogP contribution in [-0.4, -0.2) is 33.8 Å². The first-order valence-electron chi connectivity index (χ1n) is 7.92. The summed E-state index contributed by atoms with van der Waals surface area (Å²) in [5.41, 5.74) is 0.661. The lowest BCUT2D eigenvalue weighted by molar-refractivity contribution is 0.0490. The zero-order chi connectivity index (χ0) is 16.8. The number of rotatable bonds is 7. The van der Waals surface area contributed by atoms with E-state index in [4.69, 9.17) is 4.74 Å². The Balaban J connectivity index is 2.46. The van der Waals surface area contributed by atoms with E-state index in [1.54, 1.807) is 0 Å². The Morgan fingerprint density at radius 2 is 2.09 bits per heavy atom. The molecule has 0 bridgehead atoms. The lowest BCUT2D eigenvalue weighted by Crippen LogP contribution is -2.47. The van der Waals surface area contributed by atoms with Crippen molar-refractivity contribution >= 4 is 6.09 Å². The second-order valence-electron chi connectivity index (χ2n) is 6.80. The highest BCUT2D eigenvalue weighted by Crippen LogP contribution is 2.08. The fraction of sp³-hybridized carbons (Fsp3) is 0.750. The number of aromatic nitrogens is 2. The van der Waals surface area contributed by atoms with Crippen LogP contribution in [0, 0.1) is 5.92 Å². The first kappa shape index (κ1) is 18.5. The molecule has 1 unspecified atom stereocenters. The maximum absolute atomic E-state index is 11.9. The van der Waals surface area contributed by atoms with E-state index in [9.17, 15) is 4.79 Å².